The van der Waals surface area contributed by atoms with Gasteiger partial charge >= 0.3 is 5.97 Å². The van der Waals surface area contributed by atoms with Gasteiger partial charge in [-0.2, -0.15) is 0 Å². The summed E-state index contributed by atoms with van der Waals surface area (Å²) in [5, 5.41) is 26.8. The maximum atomic E-state index is 8.94. The maximum Gasteiger partial charge on any atom is 0.303 e. The fourth-order valence-electron chi connectivity index (χ4n) is 1.27. The third-order valence-corrected chi connectivity index (χ3v) is 2.10. The standard InChI is InChI=1S/C11H16O4/c1-2-10(11(12,13)14)15-8-9-6-4-3-5-7-9/h3-7,10,12-14H,2,8H2,1H3. The van der Waals surface area contributed by atoms with Crippen molar-refractivity contribution < 1.29 is 20.1 Å². The number of benzene rings is 1. The van der Waals surface area contributed by atoms with Crippen LogP contribution in [-0.4, -0.2) is 27.4 Å². The highest BCUT2D eigenvalue weighted by atomic mass is 16.7. The lowest BCUT2D eigenvalue weighted by molar-refractivity contribution is -0.363. The maximum absolute atomic E-state index is 8.94. The van der Waals surface area contributed by atoms with E-state index in [1.54, 1.807) is 6.92 Å². The van der Waals surface area contributed by atoms with Gasteiger partial charge in [-0.3, -0.25) is 0 Å². The van der Waals surface area contributed by atoms with Crippen molar-refractivity contribution in [2.75, 3.05) is 0 Å². The van der Waals surface area contributed by atoms with Crippen LogP contribution in [0.3, 0.4) is 0 Å². The van der Waals surface area contributed by atoms with Crippen LogP contribution in [0.1, 0.15) is 18.9 Å². The van der Waals surface area contributed by atoms with Gasteiger partial charge in [0.05, 0.1) is 6.61 Å². The van der Waals surface area contributed by atoms with Crippen molar-refractivity contribution in [1.82, 2.24) is 0 Å². The molecule has 0 aliphatic rings. The average Bonchev–Trinajstić information content (AvgIpc) is 2.18. The molecule has 1 aromatic carbocycles. The summed E-state index contributed by atoms with van der Waals surface area (Å²) in [4.78, 5) is 0. The summed E-state index contributed by atoms with van der Waals surface area (Å²) in [6.45, 7) is 1.94. The molecule has 0 saturated carbocycles. The van der Waals surface area contributed by atoms with Crippen LogP contribution in [0.4, 0.5) is 0 Å². The Morgan fingerprint density at radius 3 is 2.27 bits per heavy atom. The highest BCUT2D eigenvalue weighted by Crippen LogP contribution is 2.13. The fraction of sp³-hybridized carbons (Fsp3) is 0.455. The molecule has 0 heterocycles. The SMILES string of the molecule is CCC(OCc1ccccc1)C(O)(O)O. The van der Waals surface area contributed by atoms with Crippen LogP contribution in [0.25, 0.3) is 0 Å². The third-order valence-electron chi connectivity index (χ3n) is 2.10. The molecular formula is C11H16O4. The molecule has 15 heavy (non-hydrogen) atoms. The van der Waals surface area contributed by atoms with Gasteiger partial charge in [0.25, 0.3) is 0 Å². The molecule has 0 amide bonds. The molecular weight excluding hydrogens is 196 g/mol. The van der Waals surface area contributed by atoms with Crippen LogP contribution in [-0.2, 0) is 11.3 Å². The number of rotatable bonds is 5. The monoisotopic (exact) mass is 212 g/mol. The Hall–Kier alpha value is -0.940. The predicted octanol–water partition coefficient (Wildman–Crippen LogP) is 0.613. The number of hydrogen-bond donors (Lipinski definition) is 3. The second kappa shape index (κ2) is 5.23. The molecule has 4 nitrogen and oxygen atoms in total. The summed E-state index contributed by atoms with van der Waals surface area (Å²) in [5.41, 5.74) is 0.917. The first-order valence-corrected chi connectivity index (χ1v) is 4.86. The van der Waals surface area contributed by atoms with E-state index in [1.165, 1.54) is 0 Å². The van der Waals surface area contributed by atoms with Crippen molar-refractivity contribution in [2.24, 2.45) is 0 Å². The molecule has 0 saturated heterocycles. The van der Waals surface area contributed by atoms with Crippen molar-refractivity contribution in [1.29, 1.82) is 0 Å². The Bertz CT molecular complexity index is 278. The van der Waals surface area contributed by atoms with Crippen molar-refractivity contribution in [3.05, 3.63) is 35.9 Å². The van der Waals surface area contributed by atoms with Crippen LogP contribution < -0.4 is 0 Å². The highest BCUT2D eigenvalue weighted by Gasteiger charge is 2.31. The zero-order chi connectivity index (χ0) is 11.3. The molecule has 0 fully saturated rings. The zero-order valence-corrected chi connectivity index (χ0v) is 8.63. The molecule has 1 aromatic rings. The van der Waals surface area contributed by atoms with E-state index in [1.807, 2.05) is 30.3 Å². The first-order chi connectivity index (χ1) is 7.04. The Kier molecular flexibility index (Phi) is 4.23. The zero-order valence-electron chi connectivity index (χ0n) is 8.63. The van der Waals surface area contributed by atoms with Crippen LogP contribution in [0.5, 0.6) is 0 Å². The Morgan fingerprint density at radius 2 is 1.80 bits per heavy atom. The van der Waals surface area contributed by atoms with Gasteiger partial charge in [0.1, 0.15) is 6.10 Å². The van der Waals surface area contributed by atoms with E-state index < -0.39 is 12.1 Å². The van der Waals surface area contributed by atoms with E-state index in [2.05, 4.69) is 0 Å². The first kappa shape index (κ1) is 12.1. The van der Waals surface area contributed by atoms with E-state index in [0.29, 0.717) is 6.42 Å². The summed E-state index contributed by atoms with van der Waals surface area (Å²) in [6.07, 6.45) is -0.686. The van der Waals surface area contributed by atoms with E-state index in [9.17, 15) is 0 Å². The molecule has 84 valence electrons. The van der Waals surface area contributed by atoms with E-state index in [0.717, 1.165) is 5.56 Å². The molecule has 0 aliphatic heterocycles. The lowest BCUT2D eigenvalue weighted by Gasteiger charge is -2.24. The molecule has 0 spiro atoms. The molecule has 3 N–H and O–H groups in total. The number of ether oxygens (including phenoxy) is 1. The Labute approximate surface area is 88.8 Å². The van der Waals surface area contributed by atoms with Gasteiger partial charge < -0.3 is 20.1 Å². The van der Waals surface area contributed by atoms with Gasteiger partial charge in [-0.25, -0.2) is 0 Å². The quantitative estimate of drug-likeness (QED) is 0.625. The molecule has 0 bridgehead atoms. The summed E-state index contributed by atoms with van der Waals surface area (Å²) in [5.74, 6) is -2.77. The van der Waals surface area contributed by atoms with Crippen molar-refractivity contribution >= 4 is 0 Å². The highest BCUT2D eigenvalue weighted by molar-refractivity contribution is 5.13. The first-order valence-electron chi connectivity index (χ1n) is 4.86. The lowest BCUT2D eigenvalue weighted by atomic mass is 10.2. The van der Waals surface area contributed by atoms with Gasteiger partial charge in [-0.05, 0) is 12.0 Å². The summed E-state index contributed by atoms with van der Waals surface area (Å²) in [7, 11) is 0. The van der Waals surface area contributed by atoms with Crippen LogP contribution >= 0.6 is 0 Å². The summed E-state index contributed by atoms with van der Waals surface area (Å²) in [6, 6.07) is 9.34. The minimum absolute atomic E-state index is 0.239. The smallest absolute Gasteiger partial charge is 0.303 e. The second-order valence-corrected chi connectivity index (χ2v) is 3.38. The van der Waals surface area contributed by atoms with Crippen molar-refractivity contribution in [2.45, 2.75) is 32.0 Å². The van der Waals surface area contributed by atoms with Gasteiger partial charge in [0.2, 0.25) is 0 Å². The normalized spacial score (nSPS) is 13.9. The molecule has 1 rings (SSSR count). The van der Waals surface area contributed by atoms with Crippen molar-refractivity contribution in [3.8, 4) is 0 Å². The van der Waals surface area contributed by atoms with Crippen LogP contribution in [0.2, 0.25) is 0 Å². The van der Waals surface area contributed by atoms with Crippen molar-refractivity contribution in [3.63, 3.8) is 0 Å². The largest absolute Gasteiger partial charge is 0.365 e. The minimum atomic E-state index is -2.77. The Morgan fingerprint density at radius 1 is 1.20 bits per heavy atom. The van der Waals surface area contributed by atoms with E-state index >= 15 is 0 Å². The minimum Gasteiger partial charge on any atom is -0.365 e. The van der Waals surface area contributed by atoms with E-state index in [4.69, 9.17) is 20.1 Å². The topological polar surface area (TPSA) is 69.9 Å². The van der Waals surface area contributed by atoms with Gasteiger partial charge in [-0.1, -0.05) is 37.3 Å². The lowest BCUT2D eigenvalue weighted by Crippen LogP contribution is -2.43. The third kappa shape index (κ3) is 3.97. The average molecular weight is 212 g/mol. The van der Waals surface area contributed by atoms with Gasteiger partial charge in [0, 0.05) is 0 Å². The molecule has 1 unspecified atom stereocenters. The molecule has 1 atom stereocenters. The molecule has 0 aliphatic carbocycles. The second-order valence-electron chi connectivity index (χ2n) is 3.38. The predicted molar refractivity (Wildman–Crippen MR) is 54.7 cm³/mol. The van der Waals surface area contributed by atoms with Crippen LogP contribution in [0, 0.1) is 0 Å². The summed E-state index contributed by atoms with van der Waals surface area (Å²) < 4.78 is 5.19. The van der Waals surface area contributed by atoms with Crippen LogP contribution in [0.15, 0.2) is 30.3 Å². The van der Waals surface area contributed by atoms with Gasteiger partial charge in [-0.15, -0.1) is 0 Å². The number of aliphatic hydroxyl groups is 3. The Balaban J connectivity index is 2.49. The molecule has 0 radical (unpaired) electrons. The fourth-order valence-corrected chi connectivity index (χ4v) is 1.27. The van der Waals surface area contributed by atoms with Gasteiger partial charge in [0.15, 0.2) is 0 Å². The molecule has 4 heteroatoms. The number of hydrogen-bond acceptors (Lipinski definition) is 4. The van der Waals surface area contributed by atoms with E-state index in [-0.39, 0.29) is 6.61 Å². The molecule has 0 aromatic heterocycles. The summed E-state index contributed by atoms with van der Waals surface area (Å²) >= 11 is 0.